The van der Waals surface area contributed by atoms with Crippen LogP contribution in [-0.2, 0) is 19.5 Å². The smallest absolute Gasteiger partial charge is 0.198 e. The molecule has 0 bridgehead atoms. The van der Waals surface area contributed by atoms with E-state index in [9.17, 15) is 0 Å². The minimum atomic E-state index is 0. The van der Waals surface area contributed by atoms with Gasteiger partial charge in [0.25, 0.3) is 0 Å². The second-order valence-electron chi connectivity index (χ2n) is 2.14. The number of aromatic amines is 1. The van der Waals surface area contributed by atoms with Gasteiger partial charge in [-0.15, -0.1) is 0 Å². The van der Waals surface area contributed by atoms with Crippen molar-refractivity contribution in [1.29, 1.82) is 0 Å². The Kier molecular flexibility index (Phi) is 2.25. The molecule has 2 rings (SSSR count). The van der Waals surface area contributed by atoms with Gasteiger partial charge in [-0.2, -0.15) is 0 Å². The van der Waals surface area contributed by atoms with E-state index in [2.05, 4.69) is 9.97 Å². The first-order valence-corrected chi connectivity index (χ1v) is 3.06. The van der Waals surface area contributed by atoms with Crippen molar-refractivity contribution in [2.45, 2.75) is 0 Å². The van der Waals surface area contributed by atoms with E-state index in [0.29, 0.717) is 5.95 Å². The standard InChI is InChI=1S/C7H7N3.Zn/c8-7-9-5-3-1-2-4-6(5)10-7;/h1-4H,(H3,8,9,10);. The van der Waals surface area contributed by atoms with Gasteiger partial charge in [-0.05, 0) is 12.1 Å². The molecule has 0 spiro atoms. The number of anilines is 1. The number of fused-ring (bicyclic) bond motifs is 1. The molecule has 52 valence electrons. The summed E-state index contributed by atoms with van der Waals surface area (Å²) in [6, 6.07) is 7.74. The number of nitrogens with zero attached hydrogens (tertiary/aromatic N) is 1. The first kappa shape index (κ1) is 8.21. The maximum absolute atomic E-state index is 5.42. The van der Waals surface area contributed by atoms with E-state index < -0.39 is 0 Å². The molecule has 1 aromatic heterocycles. The van der Waals surface area contributed by atoms with Crippen LogP contribution in [-0.4, -0.2) is 9.97 Å². The number of benzene rings is 1. The van der Waals surface area contributed by atoms with Gasteiger partial charge in [0, 0.05) is 19.5 Å². The van der Waals surface area contributed by atoms with Crippen LogP contribution in [0.5, 0.6) is 0 Å². The number of nitrogen functional groups attached to an aromatic ring is 1. The number of nitrogens with two attached hydrogens (primary N) is 1. The Morgan fingerprint density at radius 1 is 1.27 bits per heavy atom. The van der Waals surface area contributed by atoms with Crippen LogP contribution in [0, 0.1) is 0 Å². The van der Waals surface area contributed by atoms with E-state index in [0.717, 1.165) is 11.0 Å². The predicted octanol–water partition coefficient (Wildman–Crippen LogP) is 1.14. The van der Waals surface area contributed by atoms with Crippen molar-refractivity contribution in [3.8, 4) is 0 Å². The molecule has 2 aromatic rings. The topological polar surface area (TPSA) is 54.7 Å². The van der Waals surface area contributed by atoms with Crippen LogP contribution >= 0.6 is 0 Å². The maximum Gasteiger partial charge on any atom is 0.198 e. The first-order chi connectivity index (χ1) is 4.86. The van der Waals surface area contributed by atoms with Gasteiger partial charge in [-0.3, -0.25) is 0 Å². The zero-order valence-electron chi connectivity index (χ0n) is 6.04. The van der Waals surface area contributed by atoms with E-state index in [1.807, 2.05) is 24.3 Å². The minimum Gasteiger partial charge on any atom is -0.369 e. The summed E-state index contributed by atoms with van der Waals surface area (Å²) >= 11 is 0. The summed E-state index contributed by atoms with van der Waals surface area (Å²) in [6.45, 7) is 0. The van der Waals surface area contributed by atoms with Crippen LogP contribution in [0.25, 0.3) is 11.0 Å². The summed E-state index contributed by atoms with van der Waals surface area (Å²) in [5, 5.41) is 0. The van der Waals surface area contributed by atoms with Gasteiger partial charge in [0.2, 0.25) is 0 Å². The average molecular weight is 199 g/mol. The van der Waals surface area contributed by atoms with E-state index >= 15 is 0 Å². The molecule has 0 fully saturated rings. The van der Waals surface area contributed by atoms with E-state index in [1.165, 1.54) is 0 Å². The third-order valence-corrected chi connectivity index (χ3v) is 1.41. The third kappa shape index (κ3) is 1.41. The summed E-state index contributed by atoms with van der Waals surface area (Å²) in [7, 11) is 0. The van der Waals surface area contributed by atoms with Crippen molar-refractivity contribution in [1.82, 2.24) is 9.97 Å². The van der Waals surface area contributed by atoms with E-state index in [1.54, 1.807) is 0 Å². The fourth-order valence-corrected chi connectivity index (χ4v) is 0.973. The summed E-state index contributed by atoms with van der Waals surface area (Å²) < 4.78 is 0. The number of para-hydroxylation sites is 2. The summed E-state index contributed by atoms with van der Waals surface area (Å²) in [5.41, 5.74) is 7.33. The normalized spacial score (nSPS) is 9.45. The molecule has 0 unspecified atom stereocenters. The molecular weight excluding hydrogens is 191 g/mol. The SMILES string of the molecule is Nc1nc2ccccc2[nH]1.[Zn]. The van der Waals surface area contributed by atoms with Crippen LogP contribution in [0.4, 0.5) is 5.95 Å². The summed E-state index contributed by atoms with van der Waals surface area (Å²) in [4.78, 5) is 6.96. The molecule has 1 heterocycles. The molecule has 3 N–H and O–H groups in total. The number of rotatable bonds is 0. The summed E-state index contributed by atoms with van der Waals surface area (Å²) in [5.74, 6) is 0.473. The molecule has 0 saturated heterocycles. The molecular formula is C7H7N3Zn. The van der Waals surface area contributed by atoms with Crippen molar-refractivity contribution < 1.29 is 19.5 Å². The van der Waals surface area contributed by atoms with Gasteiger partial charge in [0.1, 0.15) is 0 Å². The Hall–Kier alpha value is -0.887. The largest absolute Gasteiger partial charge is 0.369 e. The third-order valence-electron chi connectivity index (χ3n) is 1.41. The van der Waals surface area contributed by atoms with Crippen LogP contribution in [0.15, 0.2) is 24.3 Å². The van der Waals surface area contributed by atoms with Crippen molar-refractivity contribution in [2.24, 2.45) is 0 Å². The minimum absolute atomic E-state index is 0. The summed E-state index contributed by atoms with van der Waals surface area (Å²) in [6.07, 6.45) is 0. The van der Waals surface area contributed by atoms with Crippen molar-refractivity contribution >= 4 is 17.0 Å². The quantitative estimate of drug-likeness (QED) is 0.624. The Bertz CT molecular complexity index is 322. The number of hydrogen-bond acceptors (Lipinski definition) is 2. The molecule has 0 aliphatic heterocycles. The van der Waals surface area contributed by atoms with Crippen LogP contribution < -0.4 is 5.73 Å². The van der Waals surface area contributed by atoms with Gasteiger partial charge in [0.15, 0.2) is 5.95 Å². The van der Waals surface area contributed by atoms with Gasteiger partial charge >= 0.3 is 0 Å². The second-order valence-corrected chi connectivity index (χ2v) is 2.14. The first-order valence-electron chi connectivity index (χ1n) is 3.06. The fraction of sp³-hybridized carbons (Fsp3) is 0. The van der Waals surface area contributed by atoms with Gasteiger partial charge in [-0.25, -0.2) is 4.98 Å². The Morgan fingerprint density at radius 2 is 2.00 bits per heavy atom. The molecule has 3 nitrogen and oxygen atoms in total. The van der Waals surface area contributed by atoms with Gasteiger partial charge < -0.3 is 10.7 Å². The van der Waals surface area contributed by atoms with Gasteiger partial charge in [-0.1, -0.05) is 12.1 Å². The van der Waals surface area contributed by atoms with E-state index in [4.69, 9.17) is 5.73 Å². The monoisotopic (exact) mass is 197 g/mol. The molecule has 0 radical (unpaired) electrons. The molecule has 4 heteroatoms. The van der Waals surface area contributed by atoms with Crippen LogP contribution in [0.1, 0.15) is 0 Å². The molecule has 0 aliphatic carbocycles. The zero-order chi connectivity index (χ0) is 6.97. The molecule has 11 heavy (non-hydrogen) atoms. The van der Waals surface area contributed by atoms with Crippen molar-refractivity contribution in [3.63, 3.8) is 0 Å². The van der Waals surface area contributed by atoms with E-state index in [-0.39, 0.29) is 19.5 Å². The van der Waals surface area contributed by atoms with Crippen LogP contribution in [0.2, 0.25) is 0 Å². The average Bonchev–Trinajstić information content (AvgIpc) is 2.27. The molecule has 0 amide bonds. The number of hydrogen-bond donors (Lipinski definition) is 2. The maximum atomic E-state index is 5.42. The van der Waals surface area contributed by atoms with Crippen molar-refractivity contribution in [3.05, 3.63) is 24.3 Å². The molecule has 0 atom stereocenters. The Balaban J connectivity index is 0.000000605. The predicted molar refractivity (Wildman–Crippen MR) is 40.5 cm³/mol. The van der Waals surface area contributed by atoms with Crippen molar-refractivity contribution in [2.75, 3.05) is 5.73 Å². The second kappa shape index (κ2) is 3.01. The zero-order valence-corrected chi connectivity index (χ0v) is 9.01. The molecule has 0 saturated carbocycles. The number of nitrogens with one attached hydrogen (secondary N) is 1. The number of imidazole rings is 1. The molecule has 1 aromatic carbocycles. The number of H-pyrrole nitrogens is 1. The van der Waals surface area contributed by atoms with Gasteiger partial charge in [0.05, 0.1) is 11.0 Å². The Morgan fingerprint density at radius 3 is 2.73 bits per heavy atom. The number of aromatic nitrogens is 2. The molecule has 0 aliphatic rings. The fourth-order valence-electron chi connectivity index (χ4n) is 0.973. The Labute approximate surface area is 76.8 Å². The van der Waals surface area contributed by atoms with Crippen LogP contribution in [0.3, 0.4) is 0 Å².